The number of benzene rings is 1. The summed E-state index contributed by atoms with van der Waals surface area (Å²) in [6, 6.07) is 6.94. The molecule has 0 amide bonds. The van der Waals surface area contributed by atoms with Crippen LogP contribution in [0.3, 0.4) is 0 Å². The number of rotatable bonds is 4. The van der Waals surface area contributed by atoms with Crippen LogP contribution < -0.4 is 10.6 Å². The maximum absolute atomic E-state index is 11.3. The van der Waals surface area contributed by atoms with E-state index >= 15 is 0 Å². The second-order valence-corrected chi connectivity index (χ2v) is 5.93. The van der Waals surface area contributed by atoms with Crippen molar-refractivity contribution in [2.45, 2.75) is 11.3 Å². The molecule has 0 bridgehead atoms. The van der Waals surface area contributed by atoms with Gasteiger partial charge in [-0.3, -0.25) is 4.99 Å². The van der Waals surface area contributed by atoms with E-state index in [4.69, 9.17) is 0 Å². The summed E-state index contributed by atoms with van der Waals surface area (Å²) in [7, 11) is 0.404. The molecular weight excluding hydrogens is 377 g/mol. The average molecular weight is 397 g/mol. The van der Waals surface area contributed by atoms with E-state index in [2.05, 4.69) is 15.6 Å². The van der Waals surface area contributed by atoms with Gasteiger partial charge in [0.1, 0.15) is 0 Å². The molecule has 5 nitrogen and oxygen atoms in total. The average Bonchev–Trinajstić information content (AvgIpc) is 2.34. The normalized spacial score (nSPS) is 11.6. The van der Waals surface area contributed by atoms with Gasteiger partial charge in [0.2, 0.25) is 0 Å². The number of halogens is 1. The molecule has 0 aliphatic carbocycles. The molecule has 0 saturated heterocycles. The first-order chi connectivity index (χ1) is 8.47. The van der Waals surface area contributed by atoms with Crippen LogP contribution in [0.25, 0.3) is 0 Å². The number of nitrogens with zero attached hydrogens (tertiary/aromatic N) is 1. The van der Waals surface area contributed by atoms with Crippen LogP contribution >= 0.6 is 24.0 Å². The van der Waals surface area contributed by atoms with Crippen molar-refractivity contribution in [2.24, 2.45) is 4.99 Å². The van der Waals surface area contributed by atoms with Gasteiger partial charge in [0, 0.05) is 26.9 Å². The van der Waals surface area contributed by atoms with E-state index in [1.807, 2.05) is 12.1 Å². The minimum atomic E-state index is -3.11. The Morgan fingerprint density at radius 2 is 1.84 bits per heavy atom. The fraction of sp³-hybridized carbons (Fsp3) is 0.417. The topological polar surface area (TPSA) is 70.6 Å². The summed E-state index contributed by atoms with van der Waals surface area (Å²) in [6.45, 7) is 0.742. The fourth-order valence-electron chi connectivity index (χ4n) is 1.51. The molecule has 0 aliphatic heterocycles. The van der Waals surface area contributed by atoms with E-state index in [0.717, 1.165) is 24.5 Å². The molecule has 19 heavy (non-hydrogen) atoms. The molecule has 1 aromatic rings. The quantitative estimate of drug-likeness (QED) is 0.453. The van der Waals surface area contributed by atoms with Crippen LogP contribution in [0.4, 0.5) is 0 Å². The van der Waals surface area contributed by atoms with Crippen molar-refractivity contribution >= 4 is 39.8 Å². The molecule has 108 valence electrons. The molecule has 0 saturated carbocycles. The van der Waals surface area contributed by atoms with Crippen LogP contribution in [0, 0.1) is 0 Å². The summed E-state index contributed by atoms with van der Waals surface area (Å²) in [5.74, 6) is 0.739. The maximum atomic E-state index is 11.3. The van der Waals surface area contributed by atoms with E-state index in [-0.39, 0.29) is 24.0 Å². The van der Waals surface area contributed by atoms with Crippen LogP contribution in [-0.4, -0.2) is 41.3 Å². The maximum Gasteiger partial charge on any atom is 0.190 e. The molecule has 0 atom stereocenters. The van der Waals surface area contributed by atoms with Crippen LogP contribution in [0.5, 0.6) is 0 Å². The van der Waals surface area contributed by atoms with Gasteiger partial charge < -0.3 is 10.6 Å². The second kappa shape index (κ2) is 8.36. The van der Waals surface area contributed by atoms with Crippen LogP contribution in [-0.2, 0) is 16.3 Å². The lowest BCUT2D eigenvalue weighted by Crippen LogP contribution is -2.35. The van der Waals surface area contributed by atoms with Gasteiger partial charge in [-0.1, -0.05) is 12.1 Å². The minimum Gasteiger partial charge on any atom is -0.359 e. The predicted octanol–water partition coefficient (Wildman–Crippen LogP) is 1.05. The number of nitrogens with one attached hydrogen (secondary N) is 2. The lowest BCUT2D eigenvalue weighted by molar-refractivity contribution is 0.602. The van der Waals surface area contributed by atoms with Crippen molar-refractivity contribution < 1.29 is 8.42 Å². The van der Waals surface area contributed by atoms with Crippen LogP contribution in [0.2, 0.25) is 0 Å². The third-order valence-corrected chi connectivity index (χ3v) is 3.65. The first-order valence-electron chi connectivity index (χ1n) is 5.65. The van der Waals surface area contributed by atoms with Crippen LogP contribution in [0.1, 0.15) is 5.56 Å². The number of hydrogen-bond donors (Lipinski definition) is 2. The lowest BCUT2D eigenvalue weighted by Gasteiger charge is -2.08. The first-order valence-corrected chi connectivity index (χ1v) is 7.54. The Labute approximate surface area is 131 Å². The smallest absolute Gasteiger partial charge is 0.190 e. The number of guanidine groups is 1. The van der Waals surface area contributed by atoms with Crippen molar-refractivity contribution in [3.05, 3.63) is 29.8 Å². The molecule has 0 aromatic heterocycles. The molecule has 1 rings (SSSR count). The van der Waals surface area contributed by atoms with Crippen molar-refractivity contribution in [3.63, 3.8) is 0 Å². The molecule has 2 N–H and O–H groups in total. The second-order valence-electron chi connectivity index (χ2n) is 3.92. The van der Waals surface area contributed by atoms with Crippen LogP contribution in [0.15, 0.2) is 34.2 Å². The Morgan fingerprint density at radius 1 is 1.26 bits per heavy atom. The fourth-order valence-corrected chi connectivity index (χ4v) is 2.14. The Kier molecular flexibility index (Phi) is 8.00. The molecule has 0 unspecified atom stereocenters. The van der Waals surface area contributed by atoms with E-state index in [1.54, 1.807) is 26.2 Å². The third kappa shape index (κ3) is 6.24. The molecule has 0 fully saturated rings. The summed E-state index contributed by atoms with van der Waals surface area (Å²) in [5, 5.41) is 6.06. The molecule has 7 heteroatoms. The SMILES string of the molecule is CN=C(NC)NCCc1ccc(S(C)(=O)=O)cc1.I. The Morgan fingerprint density at radius 3 is 2.26 bits per heavy atom. The Bertz CT molecular complexity index is 512. The lowest BCUT2D eigenvalue weighted by atomic mass is 10.1. The monoisotopic (exact) mass is 397 g/mol. The zero-order valence-electron chi connectivity index (χ0n) is 11.3. The summed E-state index contributed by atoms with van der Waals surface area (Å²) in [5.41, 5.74) is 1.08. The summed E-state index contributed by atoms with van der Waals surface area (Å²) >= 11 is 0. The van der Waals surface area contributed by atoms with Gasteiger partial charge in [-0.15, -0.1) is 24.0 Å². The molecule has 1 aromatic carbocycles. The van der Waals surface area contributed by atoms with Crippen molar-refractivity contribution in [2.75, 3.05) is 26.9 Å². The highest BCUT2D eigenvalue weighted by Gasteiger charge is 2.05. The van der Waals surface area contributed by atoms with E-state index in [9.17, 15) is 8.42 Å². The molecule has 0 aliphatic rings. The zero-order chi connectivity index (χ0) is 13.6. The Balaban J connectivity index is 0.00000324. The van der Waals surface area contributed by atoms with E-state index in [0.29, 0.717) is 4.90 Å². The predicted molar refractivity (Wildman–Crippen MR) is 89.1 cm³/mol. The van der Waals surface area contributed by atoms with Gasteiger partial charge in [-0.25, -0.2) is 8.42 Å². The van der Waals surface area contributed by atoms with Gasteiger partial charge in [-0.05, 0) is 24.1 Å². The minimum absolute atomic E-state index is 0. The van der Waals surface area contributed by atoms with Gasteiger partial charge in [0.25, 0.3) is 0 Å². The molecule has 0 heterocycles. The van der Waals surface area contributed by atoms with Crippen molar-refractivity contribution in [1.82, 2.24) is 10.6 Å². The summed E-state index contributed by atoms with van der Waals surface area (Å²) in [6.07, 6.45) is 2.02. The highest BCUT2D eigenvalue weighted by molar-refractivity contribution is 14.0. The van der Waals surface area contributed by atoms with Gasteiger partial charge in [0.15, 0.2) is 15.8 Å². The summed E-state index contributed by atoms with van der Waals surface area (Å²) < 4.78 is 22.6. The van der Waals surface area contributed by atoms with Crippen molar-refractivity contribution in [3.8, 4) is 0 Å². The van der Waals surface area contributed by atoms with Gasteiger partial charge in [0.05, 0.1) is 4.90 Å². The highest BCUT2D eigenvalue weighted by Crippen LogP contribution is 2.10. The number of hydrogen-bond acceptors (Lipinski definition) is 3. The van der Waals surface area contributed by atoms with E-state index < -0.39 is 9.84 Å². The number of aliphatic imine (C=N–C) groups is 1. The largest absolute Gasteiger partial charge is 0.359 e. The number of sulfone groups is 1. The third-order valence-electron chi connectivity index (χ3n) is 2.52. The Hall–Kier alpha value is -0.830. The standard InChI is InChI=1S/C12H19N3O2S.HI/c1-13-12(14-2)15-9-8-10-4-6-11(7-5-10)18(3,16)17;/h4-7H,8-9H2,1-3H3,(H2,13,14,15);1H. The molecule has 0 radical (unpaired) electrons. The van der Waals surface area contributed by atoms with E-state index in [1.165, 1.54) is 6.26 Å². The zero-order valence-corrected chi connectivity index (χ0v) is 14.5. The van der Waals surface area contributed by atoms with Gasteiger partial charge >= 0.3 is 0 Å². The van der Waals surface area contributed by atoms with Crippen molar-refractivity contribution in [1.29, 1.82) is 0 Å². The molecular formula is C12H20IN3O2S. The first kappa shape index (κ1) is 18.2. The summed E-state index contributed by atoms with van der Waals surface area (Å²) in [4.78, 5) is 4.35. The molecule has 0 spiro atoms. The van der Waals surface area contributed by atoms with Gasteiger partial charge in [-0.2, -0.15) is 0 Å². The highest BCUT2D eigenvalue weighted by atomic mass is 127.